The molecule has 0 atom stereocenters. The Morgan fingerprint density at radius 1 is 1.22 bits per heavy atom. The minimum absolute atomic E-state index is 0.138. The summed E-state index contributed by atoms with van der Waals surface area (Å²) in [6, 6.07) is 9.27. The summed E-state index contributed by atoms with van der Waals surface area (Å²) in [6.45, 7) is -0.0839. The third-order valence-corrected chi connectivity index (χ3v) is 5.95. The Kier molecular flexibility index (Phi) is 5.77. The standard InChI is InChI=1S/C20H18N4O7S/c25-14(26)8-21-16(27)15-17(28)22-19-24(18(15)29)12-6-7-23(9-13(12)32-19)20(30)31-10-11-4-2-1-3-5-11/h1-5,28H,6-10H2,(H,21,27)(H,25,26). The Morgan fingerprint density at radius 3 is 2.69 bits per heavy atom. The maximum absolute atomic E-state index is 12.9. The van der Waals surface area contributed by atoms with E-state index in [9.17, 15) is 24.3 Å². The Bertz CT molecular complexity index is 1270. The monoisotopic (exact) mass is 458 g/mol. The summed E-state index contributed by atoms with van der Waals surface area (Å²) in [4.78, 5) is 54.5. The van der Waals surface area contributed by atoms with E-state index >= 15 is 0 Å². The lowest BCUT2D eigenvalue weighted by molar-refractivity contribution is -0.135. The van der Waals surface area contributed by atoms with Gasteiger partial charge in [-0.05, 0) is 5.56 Å². The summed E-state index contributed by atoms with van der Waals surface area (Å²) in [7, 11) is 0. The summed E-state index contributed by atoms with van der Waals surface area (Å²) in [5, 5.41) is 20.8. The third-order valence-electron chi connectivity index (χ3n) is 4.88. The number of nitrogens with zero attached hydrogens (tertiary/aromatic N) is 3. The van der Waals surface area contributed by atoms with Gasteiger partial charge in [-0.1, -0.05) is 41.7 Å². The van der Waals surface area contributed by atoms with Crippen LogP contribution < -0.4 is 10.9 Å². The molecule has 0 bridgehead atoms. The van der Waals surface area contributed by atoms with E-state index in [1.165, 1.54) is 9.30 Å². The Balaban J connectivity index is 1.56. The number of amides is 2. The van der Waals surface area contributed by atoms with Crippen LogP contribution in [0.1, 0.15) is 26.5 Å². The van der Waals surface area contributed by atoms with Crippen LogP contribution in [0.3, 0.4) is 0 Å². The molecular formula is C20H18N4O7S. The van der Waals surface area contributed by atoms with Gasteiger partial charge in [0.25, 0.3) is 11.5 Å². The van der Waals surface area contributed by atoms with Crippen molar-refractivity contribution in [2.24, 2.45) is 0 Å². The van der Waals surface area contributed by atoms with Crippen LogP contribution in [0.5, 0.6) is 5.88 Å². The van der Waals surface area contributed by atoms with Crippen molar-refractivity contribution in [2.75, 3.05) is 13.1 Å². The van der Waals surface area contributed by atoms with Crippen LogP contribution in [0.4, 0.5) is 4.79 Å². The van der Waals surface area contributed by atoms with Crippen molar-refractivity contribution in [3.63, 3.8) is 0 Å². The number of nitrogens with one attached hydrogen (secondary N) is 1. The molecule has 3 aromatic rings. The van der Waals surface area contributed by atoms with Crippen LogP contribution >= 0.6 is 11.3 Å². The van der Waals surface area contributed by atoms with Crippen molar-refractivity contribution in [2.45, 2.75) is 19.6 Å². The maximum Gasteiger partial charge on any atom is 0.410 e. The Morgan fingerprint density at radius 2 is 1.97 bits per heavy atom. The first-order chi connectivity index (χ1) is 15.3. The molecule has 3 heterocycles. The lowest BCUT2D eigenvalue weighted by Crippen LogP contribution is -2.38. The van der Waals surface area contributed by atoms with Gasteiger partial charge in [0.1, 0.15) is 13.2 Å². The van der Waals surface area contributed by atoms with E-state index in [1.54, 1.807) is 0 Å². The fourth-order valence-corrected chi connectivity index (χ4v) is 4.54. The highest BCUT2D eigenvalue weighted by atomic mass is 32.1. The average Bonchev–Trinajstić information content (AvgIpc) is 3.14. The van der Waals surface area contributed by atoms with Crippen molar-refractivity contribution >= 4 is 34.3 Å². The zero-order valence-corrected chi connectivity index (χ0v) is 17.4. The molecule has 1 aromatic carbocycles. The molecule has 11 nitrogen and oxygen atoms in total. The molecular weight excluding hydrogens is 440 g/mol. The topological polar surface area (TPSA) is 151 Å². The fraction of sp³-hybridized carbons (Fsp3) is 0.250. The molecule has 0 saturated carbocycles. The zero-order valence-electron chi connectivity index (χ0n) is 16.6. The number of aliphatic carboxylic acids is 1. The molecule has 166 valence electrons. The molecule has 2 aromatic heterocycles. The molecule has 4 rings (SSSR count). The number of ether oxygens (including phenoxy) is 1. The molecule has 32 heavy (non-hydrogen) atoms. The summed E-state index contributed by atoms with van der Waals surface area (Å²) in [6.07, 6.45) is -0.174. The Hall–Kier alpha value is -3.93. The number of carboxylic acids is 1. The lowest BCUT2D eigenvalue weighted by Gasteiger charge is -2.26. The van der Waals surface area contributed by atoms with E-state index in [-0.39, 0.29) is 18.1 Å². The fourth-order valence-electron chi connectivity index (χ4n) is 3.37. The summed E-state index contributed by atoms with van der Waals surface area (Å²) < 4.78 is 6.59. The summed E-state index contributed by atoms with van der Waals surface area (Å²) in [5.41, 5.74) is 0.0179. The molecule has 1 aliphatic heterocycles. The van der Waals surface area contributed by atoms with Crippen LogP contribution in [-0.4, -0.2) is 55.6 Å². The van der Waals surface area contributed by atoms with Crippen molar-refractivity contribution in [1.29, 1.82) is 0 Å². The molecule has 0 saturated heterocycles. The van der Waals surface area contributed by atoms with Gasteiger partial charge < -0.3 is 25.2 Å². The van der Waals surface area contributed by atoms with E-state index in [0.29, 0.717) is 23.5 Å². The van der Waals surface area contributed by atoms with E-state index < -0.39 is 41.5 Å². The molecule has 0 fully saturated rings. The molecule has 0 aliphatic carbocycles. The van der Waals surface area contributed by atoms with E-state index in [4.69, 9.17) is 9.84 Å². The maximum atomic E-state index is 12.9. The normalized spacial score (nSPS) is 12.9. The molecule has 12 heteroatoms. The van der Waals surface area contributed by atoms with Gasteiger partial charge in [-0.25, -0.2) is 4.79 Å². The number of carbonyl (C=O) groups is 3. The number of fused-ring (bicyclic) bond motifs is 3. The van der Waals surface area contributed by atoms with Crippen LogP contribution in [0.15, 0.2) is 35.1 Å². The number of aromatic nitrogens is 2. The SMILES string of the molecule is O=C(O)CNC(=O)c1c(O)nc2sc3c(n2c1=O)CCN(C(=O)OCc1ccccc1)C3. The first kappa shape index (κ1) is 21.3. The van der Waals surface area contributed by atoms with Crippen molar-refractivity contribution < 1.29 is 29.3 Å². The van der Waals surface area contributed by atoms with E-state index in [2.05, 4.69) is 4.98 Å². The molecule has 0 spiro atoms. The minimum atomic E-state index is -1.29. The summed E-state index contributed by atoms with van der Waals surface area (Å²) in [5.74, 6) is -3.10. The van der Waals surface area contributed by atoms with Crippen molar-refractivity contribution in [3.8, 4) is 5.88 Å². The van der Waals surface area contributed by atoms with Crippen LogP contribution in [0.2, 0.25) is 0 Å². The predicted octanol–water partition coefficient (Wildman–Crippen LogP) is 0.971. The molecule has 0 radical (unpaired) electrons. The highest BCUT2D eigenvalue weighted by Crippen LogP contribution is 2.28. The first-order valence-corrected chi connectivity index (χ1v) is 10.4. The number of rotatable bonds is 5. The lowest BCUT2D eigenvalue weighted by atomic mass is 10.2. The van der Waals surface area contributed by atoms with Crippen LogP contribution in [0, 0.1) is 0 Å². The largest absolute Gasteiger partial charge is 0.492 e. The second-order valence-corrected chi connectivity index (χ2v) is 8.06. The second kappa shape index (κ2) is 8.67. The van der Waals surface area contributed by atoms with Crippen LogP contribution in [-0.2, 0) is 29.1 Å². The third kappa shape index (κ3) is 4.12. The number of thiazole rings is 1. The number of carbonyl (C=O) groups excluding carboxylic acids is 2. The molecule has 1 aliphatic rings. The molecule has 0 unspecified atom stereocenters. The van der Waals surface area contributed by atoms with Gasteiger partial charge >= 0.3 is 12.1 Å². The zero-order chi connectivity index (χ0) is 22.8. The quantitative estimate of drug-likeness (QED) is 0.512. The van der Waals surface area contributed by atoms with Gasteiger partial charge in [-0.3, -0.25) is 18.8 Å². The number of carboxylic acid groups (broad SMARTS) is 1. The van der Waals surface area contributed by atoms with Crippen molar-refractivity contribution in [1.82, 2.24) is 19.6 Å². The number of aromatic hydroxyl groups is 1. The number of benzene rings is 1. The smallest absolute Gasteiger partial charge is 0.410 e. The first-order valence-electron chi connectivity index (χ1n) is 9.57. The second-order valence-electron chi connectivity index (χ2n) is 6.99. The van der Waals surface area contributed by atoms with E-state index in [1.807, 2.05) is 35.6 Å². The number of hydrogen-bond acceptors (Lipinski definition) is 8. The predicted molar refractivity (Wildman–Crippen MR) is 112 cm³/mol. The van der Waals surface area contributed by atoms with Crippen molar-refractivity contribution in [3.05, 3.63) is 62.4 Å². The minimum Gasteiger partial charge on any atom is -0.492 e. The van der Waals surface area contributed by atoms with Gasteiger partial charge in [-0.15, -0.1) is 0 Å². The average molecular weight is 458 g/mol. The summed E-state index contributed by atoms with van der Waals surface area (Å²) >= 11 is 1.12. The molecule has 2 amide bonds. The highest BCUT2D eigenvalue weighted by molar-refractivity contribution is 7.17. The molecule has 3 N–H and O–H groups in total. The van der Waals surface area contributed by atoms with Gasteiger partial charge in [0.2, 0.25) is 10.8 Å². The van der Waals surface area contributed by atoms with Gasteiger partial charge in [0.15, 0.2) is 5.56 Å². The van der Waals surface area contributed by atoms with Gasteiger partial charge in [0.05, 0.1) is 6.54 Å². The number of hydrogen-bond donors (Lipinski definition) is 3. The van der Waals surface area contributed by atoms with E-state index in [0.717, 1.165) is 16.9 Å². The van der Waals surface area contributed by atoms with Crippen LogP contribution in [0.25, 0.3) is 4.96 Å². The highest BCUT2D eigenvalue weighted by Gasteiger charge is 2.29. The van der Waals surface area contributed by atoms with Gasteiger partial charge in [0, 0.05) is 23.5 Å². The Labute approximate surface area is 184 Å². The van der Waals surface area contributed by atoms with Gasteiger partial charge in [-0.2, -0.15) is 4.98 Å².